The first-order chi connectivity index (χ1) is 14.7. The molecule has 0 amide bonds. The van der Waals surface area contributed by atoms with Crippen molar-refractivity contribution in [3.8, 4) is 34.1 Å². The van der Waals surface area contributed by atoms with Crippen molar-refractivity contribution in [2.45, 2.75) is 6.61 Å². The van der Waals surface area contributed by atoms with Gasteiger partial charge in [-0.2, -0.15) is 0 Å². The molecule has 6 heteroatoms. The van der Waals surface area contributed by atoms with Gasteiger partial charge in [-0.25, -0.2) is 9.83 Å². The Bertz CT molecular complexity index is 1190. The van der Waals surface area contributed by atoms with Gasteiger partial charge in [0.2, 0.25) is 0 Å². The number of nitrogens with zero attached hydrogens (tertiary/aromatic N) is 2. The molecule has 1 N–H and O–H groups in total. The Morgan fingerprint density at radius 3 is 2.50 bits per heavy atom. The van der Waals surface area contributed by atoms with Crippen molar-refractivity contribution >= 4 is 17.3 Å². The van der Waals surface area contributed by atoms with E-state index in [1.165, 1.54) is 0 Å². The molecule has 0 unspecified atom stereocenters. The van der Waals surface area contributed by atoms with E-state index in [1.807, 2.05) is 60.8 Å². The van der Waals surface area contributed by atoms with Crippen molar-refractivity contribution in [3.63, 3.8) is 0 Å². The molecule has 0 aliphatic carbocycles. The second-order valence-electron chi connectivity index (χ2n) is 6.57. The number of ether oxygens (including phenoxy) is 2. The van der Waals surface area contributed by atoms with Gasteiger partial charge in [-0.15, -0.1) is 0 Å². The maximum absolute atomic E-state index is 7.01. The molecule has 0 radical (unpaired) electrons. The Morgan fingerprint density at radius 2 is 1.80 bits per heavy atom. The Kier molecular flexibility index (Phi) is 5.69. The number of hydrogen-bond acceptors (Lipinski definition) is 3. The van der Waals surface area contributed by atoms with Gasteiger partial charge in [-0.3, -0.25) is 0 Å². The highest BCUT2D eigenvalue weighted by Gasteiger charge is 2.12. The van der Waals surface area contributed by atoms with Crippen molar-refractivity contribution < 1.29 is 9.47 Å². The van der Waals surface area contributed by atoms with Crippen molar-refractivity contribution in [1.82, 2.24) is 9.97 Å². The Labute approximate surface area is 179 Å². The van der Waals surface area contributed by atoms with Gasteiger partial charge < -0.3 is 14.5 Å². The van der Waals surface area contributed by atoms with Gasteiger partial charge in [0.15, 0.2) is 5.69 Å². The maximum Gasteiger partial charge on any atom is 0.187 e. The first kappa shape index (κ1) is 19.6. The number of nitrogens with one attached hydrogen (secondary N) is 1. The highest BCUT2D eigenvalue weighted by Crippen LogP contribution is 2.34. The molecule has 1 aromatic heterocycles. The Balaban J connectivity index is 1.52. The molecule has 0 atom stereocenters. The zero-order valence-corrected chi connectivity index (χ0v) is 17.0. The van der Waals surface area contributed by atoms with Gasteiger partial charge in [0.05, 0.1) is 19.4 Å². The lowest BCUT2D eigenvalue weighted by Crippen LogP contribution is -1.96. The quantitative estimate of drug-likeness (QED) is 0.364. The fourth-order valence-corrected chi connectivity index (χ4v) is 3.15. The van der Waals surface area contributed by atoms with Gasteiger partial charge >= 0.3 is 0 Å². The number of hydrogen-bond donors (Lipinski definition) is 1. The lowest BCUT2D eigenvalue weighted by molar-refractivity contribution is 0.304. The van der Waals surface area contributed by atoms with Gasteiger partial charge in [-0.1, -0.05) is 35.9 Å². The van der Waals surface area contributed by atoms with E-state index in [1.54, 1.807) is 19.2 Å². The summed E-state index contributed by atoms with van der Waals surface area (Å²) in [4.78, 5) is 11.3. The molecular formula is C24H18ClN3O2. The molecule has 4 aromatic rings. The molecule has 0 saturated heterocycles. The van der Waals surface area contributed by atoms with Gasteiger partial charge in [0, 0.05) is 28.4 Å². The van der Waals surface area contributed by atoms with Gasteiger partial charge in [-0.05, 0) is 42.0 Å². The van der Waals surface area contributed by atoms with Crippen molar-refractivity contribution in [2.75, 3.05) is 7.11 Å². The molecule has 30 heavy (non-hydrogen) atoms. The summed E-state index contributed by atoms with van der Waals surface area (Å²) in [6, 6.07) is 20.5. The molecule has 0 saturated carbocycles. The van der Waals surface area contributed by atoms with E-state index in [0.717, 1.165) is 28.2 Å². The average Bonchev–Trinajstić information content (AvgIpc) is 3.28. The molecule has 0 bridgehead atoms. The van der Waals surface area contributed by atoms with Crippen LogP contribution in [0.1, 0.15) is 5.56 Å². The predicted molar refractivity (Wildman–Crippen MR) is 118 cm³/mol. The fraction of sp³-hybridized carbons (Fsp3) is 0.0833. The van der Waals surface area contributed by atoms with Crippen LogP contribution >= 0.6 is 11.6 Å². The monoisotopic (exact) mass is 415 g/mol. The highest BCUT2D eigenvalue weighted by atomic mass is 35.5. The van der Waals surface area contributed by atoms with Gasteiger partial charge in [0.1, 0.15) is 23.9 Å². The van der Waals surface area contributed by atoms with E-state index in [2.05, 4.69) is 14.8 Å². The smallest absolute Gasteiger partial charge is 0.187 e. The van der Waals surface area contributed by atoms with Crippen LogP contribution in [-0.4, -0.2) is 17.1 Å². The molecule has 0 aliphatic rings. The third kappa shape index (κ3) is 4.29. The number of halogens is 1. The predicted octanol–water partition coefficient (Wildman–Crippen LogP) is 6.54. The number of imidazole rings is 1. The molecule has 5 nitrogen and oxygen atoms in total. The summed E-state index contributed by atoms with van der Waals surface area (Å²) in [6.07, 6.45) is 1.85. The summed E-state index contributed by atoms with van der Waals surface area (Å²) in [5.41, 5.74) is 4.20. The van der Waals surface area contributed by atoms with Crippen molar-refractivity contribution in [3.05, 3.63) is 94.9 Å². The number of benzene rings is 3. The van der Waals surface area contributed by atoms with E-state index >= 15 is 0 Å². The summed E-state index contributed by atoms with van der Waals surface area (Å²) in [7, 11) is 1.62. The SMILES string of the molecule is [C-]#[N+]c1ccc(COc2ccc(-c3c[nH]c(-c4ccc(Cl)cc4)n3)c(OC)c2)cc1. The molecular weight excluding hydrogens is 398 g/mol. The first-order valence-corrected chi connectivity index (χ1v) is 9.63. The number of aromatic amines is 1. The lowest BCUT2D eigenvalue weighted by atomic mass is 10.1. The van der Waals surface area contributed by atoms with Crippen LogP contribution in [0, 0.1) is 6.57 Å². The second-order valence-corrected chi connectivity index (χ2v) is 7.01. The minimum absolute atomic E-state index is 0.407. The third-order valence-corrected chi connectivity index (χ3v) is 4.87. The molecule has 3 aromatic carbocycles. The number of aromatic nitrogens is 2. The van der Waals surface area contributed by atoms with Crippen LogP contribution in [0.2, 0.25) is 5.02 Å². The minimum Gasteiger partial charge on any atom is -0.496 e. The zero-order valence-electron chi connectivity index (χ0n) is 16.2. The summed E-state index contributed by atoms with van der Waals surface area (Å²) in [5, 5.41) is 0.685. The molecule has 0 spiro atoms. The zero-order chi connectivity index (χ0) is 20.9. The van der Waals surface area contributed by atoms with Crippen LogP contribution in [0.4, 0.5) is 5.69 Å². The van der Waals surface area contributed by atoms with E-state index < -0.39 is 0 Å². The maximum atomic E-state index is 7.01. The largest absolute Gasteiger partial charge is 0.496 e. The van der Waals surface area contributed by atoms with Crippen LogP contribution in [0.3, 0.4) is 0 Å². The average molecular weight is 416 g/mol. The summed E-state index contributed by atoms with van der Waals surface area (Å²) in [6.45, 7) is 7.42. The summed E-state index contributed by atoms with van der Waals surface area (Å²) >= 11 is 5.96. The van der Waals surface area contributed by atoms with Crippen LogP contribution in [0.15, 0.2) is 72.9 Å². The van der Waals surface area contributed by atoms with Crippen molar-refractivity contribution in [1.29, 1.82) is 0 Å². The third-order valence-electron chi connectivity index (χ3n) is 4.62. The topological polar surface area (TPSA) is 51.5 Å². The standard InChI is InChI=1S/C24H18ClN3O2/c1-26-19-9-3-16(4-10-19)15-30-20-11-12-21(23(13-20)29-2)22-14-27-24(28-22)17-5-7-18(25)8-6-17/h3-14H,15H2,2H3,(H,27,28). The number of H-pyrrole nitrogens is 1. The minimum atomic E-state index is 0.407. The van der Waals surface area contributed by atoms with E-state index in [9.17, 15) is 0 Å². The Morgan fingerprint density at radius 1 is 1.03 bits per heavy atom. The van der Waals surface area contributed by atoms with Crippen molar-refractivity contribution in [2.24, 2.45) is 0 Å². The van der Waals surface area contributed by atoms with E-state index in [4.69, 9.17) is 27.6 Å². The van der Waals surface area contributed by atoms with E-state index in [-0.39, 0.29) is 0 Å². The van der Waals surface area contributed by atoms with Crippen LogP contribution < -0.4 is 9.47 Å². The molecule has 4 rings (SSSR count). The fourth-order valence-electron chi connectivity index (χ4n) is 3.02. The molecule has 148 valence electrons. The van der Waals surface area contributed by atoms with Crippen LogP contribution in [0.5, 0.6) is 11.5 Å². The second kappa shape index (κ2) is 8.73. The summed E-state index contributed by atoms with van der Waals surface area (Å²) < 4.78 is 11.5. The Hall–Kier alpha value is -3.75. The summed E-state index contributed by atoms with van der Waals surface area (Å²) in [5.74, 6) is 2.12. The lowest BCUT2D eigenvalue weighted by Gasteiger charge is -2.11. The van der Waals surface area contributed by atoms with E-state index in [0.29, 0.717) is 28.8 Å². The molecule has 0 fully saturated rings. The van der Waals surface area contributed by atoms with Gasteiger partial charge in [0.25, 0.3) is 0 Å². The molecule has 1 heterocycles. The van der Waals surface area contributed by atoms with Crippen LogP contribution in [0.25, 0.3) is 27.5 Å². The first-order valence-electron chi connectivity index (χ1n) is 9.25. The number of methoxy groups -OCH3 is 1. The highest BCUT2D eigenvalue weighted by molar-refractivity contribution is 6.30. The number of rotatable bonds is 6. The van der Waals surface area contributed by atoms with Crippen LogP contribution in [-0.2, 0) is 6.61 Å². The molecule has 0 aliphatic heterocycles. The normalized spacial score (nSPS) is 10.4.